The van der Waals surface area contributed by atoms with Gasteiger partial charge in [0.15, 0.2) is 6.10 Å². The van der Waals surface area contributed by atoms with E-state index in [9.17, 15) is 43.5 Å². The summed E-state index contributed by atoms with van der Waals surface area (Å²) in [5.74, 6) is -1.70. The molecule has 4 N–H and O–H groups in total. The van der Waals surface area contributed by atoms with Gasteiger partial charge in [-0.1, -0.05) is 276 Å². The maximum atomic E-state index is 12.9. The number of phosphoric acid groups is 2. The van der Waals surface area contributed by atoms with E-state index in [1.807, 2.05) is 18.2 Å². The van der Waals surface area contributed by atoms with Crippen LogP contribution >= 0.6 is 15.6 Å². The molecule has 0 spiro atoms. The van der Waals surface area contributed by atoms with Gasteiger partial charge in [0.2, 0.25) is 0 Å². The molecule has 0 rings (SSSR count). The van der Waals surface area contributed by atoms with E-state index in [1.165, 1.54) is 83.5 Å². The van der Waals surface area contributed by atoms with Crippen LogP contribution in [-0.2, 0) is 55.8 Å². The number of aliphatic hydroxyl groups excluding tert-OH is 2. The molecule has 0 aliphatic heterocycles. The van der Waals surface area contributed by atoms with Crippen LogP contribution < -0.4 is 0 Å². The van der Waals surface area contributed by atoms with E-state index in [-0.39, 0.29) is 19.3 Å². The van der Waals surface area contributed by atoms with Gasteiger partial charge in [0.25, 0.3) is 0 Å². The Hall–Kier alpha value is -4.57. The molecule has 5 atom stereocenters. The molecule has 0 fully saturated rings. The highest BCUT2D eigenvalue weighted by atomic mass is 31.2. The molecule has 0 saturated carbocycles. The highest BCUT2D eigenvalue weighted by Gasteiger charge is 2.29. The Bertz CT molecular complexity index is 2350. The van der Waals surface area contributed by atoms with Gasteiger partial charge in [0, 0.05) is 19.3 Å². The molecule has 0 radical (unpaired) electrons. The van der Waals surface area contributed by atoms with E-state index in [0.717, 1.165) is 128 Å². The fraction of sp³-hybridized carbons (Fsp3) is 0.658. The van der Waals surface area contributed by atoms with Gasteiger partial charge >= 0.3 is 33.6 Å². The van der Waals surface area contributed by atoms with Crippen LogP contribution in [0.1, 0.15) is 278 Å². The highest BCUT2D eigenvalue weighted by molar-refractivity contribution is 7.47. The topological polar surface area (TPSA) is 231 Å². The average Bonchev–Trinajstić information content (AvgIpc) is 2.57. The molecule has 0 aromatic heterocycles. The van der Waals surface area contributed by atoms with Crippen molar-refractivity contribution in [2.24, 2.45) is 0 Å². The number of rotatable bonds is 69. The molecule has 0 aromatic rings. The number of hydrogen-bond donors (Lipinski definition) is 4. The zero-order valence-corrected chi connectivity index (χ0v) is 62.0. The zero-order chi connectivity index (χ0) is 70.9. The normalized spacial score (nSPS) is 14.9. The molecule has 0 saturated heterocycles. The SMILES string of the molecule is CC/C=C\C/C=C\C/C=C\C/C=C\C/C=C\C/C=C\CCC(=O)OCC(COP(=O)(O)OCC(O)COP(=O)(O)OCC(O)COC(=O)CCCCCCCCCCCCCCC/C=C\C/C=C\C/C=C\C/C=C\CCCCC)OC(=O)CCCCCCC/C=C\C/C=C\CCC. The van der Waals surface area contributed by atoms with E-state index < -0.39 is 91.5 Å². The van der Waals surface area contributed by atoms with Crippen LogP contribution in [0.25, 0.3) is 0 Å². The van der Waals surface area contributed by atoms with Crippen LogP contribution in [0.4, 0.5) is 0 Å². The second-order valence-corrected chi connectivity index (χ2v) is 27.3. The van der Waals surface area contributed by atoms with E-state index in [1.54, 1.807) is 0 Å². The average molecular weight is 1400 g/mol. The molecule has 0 heterocycles. The molecule has 5 unspecified atom stereocenters. The standard InChI is InChI=1S/C79H132O16P2/c1-4-7-10-13-16-19-22-25-27-29-31-32-33-34-35-36-37-38-39-40-42-44-45-48-50-53-56-59-62-65-77(82)89-68-74(80)69-91-96(85,86)92-70-75(81)71-93-97(87,88)94-73-76(95-79(84)67-64-61-58-55-52-47-24-21-18-15-12-9-6-3)72-90-78(83)66-63-60-57-54-51-49-46-43-41-30-28-26-23-20-17-14-11-8-5-2/h8,11-12,15-17,19-21,24-28,31-32,34-35,41,43,49,51,57,60,74-76,80-81H,4-7,9-10,13-14,18,22-23,29-30,33,36-40,42,44-48,50,52-56,58-59,61-73H2,1-3H3,(H,85,86)(H,87,88)/b11-8-,15-12-,19-16-,20-17-,24-21-,27-25-,28-26-,32-31-,35-34-,43-41-,51-49-,60-57-. The molecule has 0 aliphatic carbocycles. The zero-order valence-electron chi connectivity index (χ0n) is 60.2. The smallest absolute Gasteiger partial charge is 0.463 e. The van der Waals surface area contributed by atoms with Crippen molar-refractivity contribution in [1.82, 2.24) is 0 Å². The molecule has 16 nitrogen and oxygen atoms in total. The van der Waals surface area contributed by atoms with Crippen molar-refractivity contribution < 1.29 is 75.8 Å². The molecule has 18 heteroatoms. The third kappa shape index (κ3) is 72.5. The van der Waals surface area contributed by atoms with Crippen molar-refractivity contribution in [3.05, 3.63) is 146 Å². The van der Waals surface area contributed by atoms with Gasteiger partial charge in [-0.3, -0.25) is 32.5 Å². The summed E-state index contributed by atoms with van der Waals surface area (Å²) in [6.45, 7) is 2.34. The molecule has 0 amide bonds. The summed E-state index contributed by atoms with van der Waals surface area (Å²) in [6, 6.07) is 0. The first-order valence-electron chi connectivity index (χ1n) is 37.1. The van der Waals surface area contributed by atoms with Gasteiger partial charge in [-0.15, -0.1) is 0 Å². The Balaban J connectivity index is 4.54. The van der Waals surface area contributed by atoms with Gasteiger partial charge in [-0.25, -0.2) is 9.13 Å². The summed E-state index contributed by atoms with van der Waals surface area (Å²) in [6.07, 6.45) is 86.4. The van der Waals surface area contributed by atoms with Crippen LogP contribution in [0.5, 0.6) is 0 Å². The maximum Gasteiger partial charge on any atom is 0.472 e. The molecule has 554 valence electrons. The predicted molar refractivity (Wildman–Crippen MR) is 399 cm³/mol. The van der Waals surface area contributed by atoms with Gasteiger partial charge < -0.3 is 34.2 Å². The quantitative estimate of drug-likeness (QED) is 0.0146. The highest BCUT2D eigenvalue weighted by Crippen LogP contribution is 2.45. The fourth-order valence-electron chi connectivity index (χ4n) is 9.38. The number of phosphoric ester groups is 2. The van der Waals surface area contributed by atoms with Crippen molar-refractivity contribution in [2.75, 3.05) is 39.6 Å². The number of carbonyl (C=O) groups is 3. The maximum absolute atomic E-state index is 12.9. The minimum Gasteiger partial charge on any atom is -0.463 e. The third-order valence-electron chi connectivity index (χ3n) is 15.0. The Kier molecular flexibility index (Phi) is 67.9. The minimum atomic E-state index is -4.95. The monoisotopic (exact) mass is 1400 g/mol. The van der Waals surface area contributed by atoms with Crippen LogP contribution in [0.2, 0.25) is 0 Å². The van der Waals surface area contributed by atoms with Crippen LogP contribution in [-0.4, -0.2) is 95.9 Å². The van der Waals surface area contributed by atoms with Gasteiger partial charge in [-0.2, -0.15) is 0 Å². The largest absolute Gasteiger partial charge is 0.472 e. The van der Waals surface area contributed by atoms with Gasteiger partial charge in [0.05, 0.1) is 26.4 Å². The predicted octanol–water partition coefficient (Wildman–Crippen LogP) is 21.3. The van der Waals surface area contributed by atoms with Crippen molar-refractivity contribution in [3.8, 4) is 0 Å². The summed E-state index contributed by atoms with van der Waals surface area (Å²) < 4.78 is 60.9. The molecule has 97 heavy (non-hydrogen) atoms. The molecule has 0 aliphatic rings. The fourth-order valence-corrected chi connectivity index (χ4v) is 11.0. The number of allylic oxidation sites excluding steroid dienone is 24. The van der Waals surface area contributed by atoms with Crippen LogP contribution in [0, 0.1) is 0 Å². The second kappa shape index (κ2) is 71.3. The van der Waals surface area contributed by atoms with E-state index in [0.29, 0.717) is 25.7 Å². The van der Waals surface area contributed by atoms with Gasteiger partial charge in [0.1, 0.15) is 25.4 Å². The molecular formula is C79H132O16P2. The summed E-state index contributed by atoms with van der Waals surface area (Å²) in [4.78, 5) is 58.4. The molecule has 0 aromatic carbocycles. The number of unbranched alkanes of at least 4 members (excludes halogenated alkanes) is 22. The van der Waals surface area contributed by atoms with Crippen molar-refractivity contribution >= 4 is 33.6 Å². The Morgan fingerprint density at radius 3 is 0.969 bits per heavy atom. The van der Waals surface area contributed by atoms with Crippen molar-refractivity contribution in [3.63, 3.8) is 0 Å². The number of carbonyl (C=O) groups excluding carboxylic acids is 3. The number of aliphatic hydroxyl groups is 2. The first-order valence-corrected chi connectivity index (χ1v) is 40.1. The molecular weight excluding hydrogens is 1270 g/mol. The van der Waals surface area contributed by atoms with E-state index in [2.05, 4.69) is 148 Å². The van der Waals surface area contributed by atoms with Gasteiger partial charge in [-0.05, 0) is 128 Å². The Morgan fingerprint density at radius 1 is 0.299 bits per heavy atom. The lowest BCUT2D eigenvalue weighted by Crippen LogP contribution is -2.30. The van der Waals surface area contributed by atoms with E-state index in [4.69, 9.17) is 32.3 Å². The van der Waals surface area contributed by atoms with Crippen LogP contribution in [0.3, 0.4) is 0 Å². The molecule has 0 bridgehead atoms. The summed E-state index contributed by atoms with van der Waals surface area (Å²) >= 11 is 0. The lowest BCUT2D eigenvalue weighted by Gasteiger charge is -2.21. The summed E-state index contributed by atoms with van der Waals surface area (Å²) in [5.41, 5.74) is 0. The number of ether oxygens (including phenoxy) is 3. The lowest BCUT2D eigenvalue weighted by molar-refractivity contribution is -0.161. The van der Waals surface area contributed by atoms with E-state index >= 15 is 0 Å². The first-order chi connectivity index (χ1) is 47.2. The Morgan fingerprint density at radius 2 is 0.588 bits per heavy atom. The summed E-state index contributed by atoms with van der Waals surface area (Å²) in [5, 5.41) is 20.6. The first kappa shape index (κ1) is 92.4. The number of esters is 3. The lowest BCUT2D eigenvalue weighted by atomic mass is 10.0. The Labute approximate surface area is 587 Å². The third-order valence-corrected chi connectivity index (χ3v) is 16.9. The summed E-state index contributed by atoms with van der Waals surface area (Å²) in [7, 11) is -9.81. The van der Waals surface area contributed by atoms with Crippen molar-refractivity contribution in [2.45, 2.75) is 296 Å². The van der Waals surface area contributed by atoms with Crippen LogP contribution in [0.15, 0.2) is 146 Å². The second-order valence-electron chi connectivity index (χ2n) is 24.4. The van der Waals surface area contributed by atoms with Crippen molar-refractivity contribution in [1.29, 1.82) is 0 Å². The minimum absolute atomic E-state index is 0.0379. The number of hydrogen-bond acceptors (Lipinski definition) is 14.